The Bertz CT molecular complexity index is 83.3. The van der Waals surface area contributed by atoms with E-state index in [0.29, 0.717) is 0 Å². The molecule has 0 aromatic rings. The molecule has 0 saturated carbocycles. The predicted molar refractivity (Wildman–Crippen MR) is 47.5 cm³/mol. The van der Waals surface area contributed by atoms with Crippen LogP contribution < -0.4 is 0 Å². The minimum Gasteiger partial charge on any atom is -0.303 e. The molecule has 0 radical (unpaired) electrons. The molecule has 10 heavy (non-hydrogen) atoms. The molecule has 0 bridgehead atoms. The van der Waals surface area contributed by atoms with Gasteiger partial charge in [-0.25, -0.2) is 0 Å². The maximum Gasteiger partial charge on any atom is 0.123 e. The Morgan fingerprint density at radius 3 is 2.80 bits per heavy atom. The van der Waals surface area contributed by atoms with Gasteiger partial charge in [0, 0.05) is 11.7 Å². The van der Waals surface area contributed by atoms with Gasteiger partial charge in [0.25, 0.3) is 0 Å². The zero-order valence-corrected chi connectivity index (χ0v) is 7.62. The number of aldehydes is 1. The molecular weight excluding hydrogens is 144 g/mol. The van der Waals surface area contributed by atoms with Gasteiger partial charge in [-0.3, -0.25) is 0 Å². The molecule has 0 spiro atoms. The van der Waals surface area contributed by atoms with Crippen molar-refractivity contribution in [1.29, 1.82) is 0 Å². The molecular formula is C8H16OS. The van der Waals surface area contributed by atoms with Gasteiger partial charge < -0.3 is 4.79 Å². The first-order valence-electron chi connectivity index (χ1n) is 3.84. The first-order valence-corrected chi connectivity index (χ1v) is 4.99. The average molecular weight is 160 g/mol. The molecule has 0 saturated heterocycles. The normalized spacial score (nSPS) is 13.0. The van der Waals surface area contributed by atoms with Crippen LogP contribution in [0.4, 0.5) is 0 Å². The quantitative estimate of drug-likeness (QED) is 0.438. The molecule has 60 valence electrons. The van der Waals surface area contributed by atoms with Crippen molar-refractivity contribution in [2.24, 2.45) is 5.92 Å². The first-order chi connectivity index (χ1) is 4.81. The Morgan fingerprint density at radius 1 is 1.60 bits per heavy atom. The van der Waals surface area contributed by atoms with Gasteiger partial charge >= 0.3 is 0 Å². The van der Waals surface area contributed by atoms with Crippen LogP contribution in [0.2, 0.25) is 0 Å². The van der Waals surface area contributed by atoms with Crippen molar-refractivity contribution in [3.05, 3.63) is 0 Å². The summed E-state index contributed by atoms with van der Waals surface area (Å²) in [6.07, 6.45) is 3.55. The number of hydrogen-bond acceptors (Lipinski definition) is 2. The topological polar surface area (TPSA) is 17.1 Å². The Labute approximate surface area is 67.6 Å². The lowest BCUT2D eigenvalue weighted by atomic mass is 10.3. The molecule has 0 aliphatic rings. The van der Waals surface area contributed by atoms with Gasteiger partial charge in [0.15, 0.2) is 0 Å². The van der Waals surface area contributed by atoms with Crippen LogP contribution >= 0.6 is 11.8 Å². The summed E-state index contributed by atoms with van der Waals surface area (Å²) in [5.41, 5.74) is 0. The summed E-state index contributed by atoms with van der Waals surface area (Å²) >= 11 is 1.88. The van der Waals surface area contributed by atoms with E-state index in [9.17, 15) is 4.79 Å². The standard InChI is InChI=1S/C8H16OS/c1-3-4-5-10-7-8(2)6-9/h6,8H,3-5,7H2,1-2H3. The van der Waals surface area contributed by atoms with E-state index in [2.05, 4.69) is 6.92 Å². The van der Waals surface area contributed by atoms with E-state index in [-0.39, 0.29) is 5.92 Å². The summed E-state index contributed by atoms with van der Waals surface area (Å²) in [6, 6.07) is 0. The van der Waals surface area contributed by atoms with Crippen LogP contribution in [0.25, 0.3) is 0 Å². The van der Waals surface area contributed by atoms with Crippen LogP contribution in [0, 0.1) is 5.92 Å². The third-order valence-corrected chi connectivity index (χ3v) is 2.59. The van der Waals surface area contributed by atoms with E-state index in [1.54, 1.807) is 0 Å². The zero-order valence-electron chi connectivity index (χ0n) is 6.80. The maximum absolute atomic E-state index is 10.2. The third-order valence-electron chi connectivity index (χ3n) is 1.26. The Balaban J connectivity index is 2.95. The molecule has 2 heteroatoms. The van der Waals surface area contributed by atoms with Gasteiger partial charge in [-0.05, 0) is 12.2 Å². The molecule has 1 nitrogen and oxygen atoms in total. The van der Waals surface area contributed by atoms with Crippen molar-refractivity contribution in [2.75, 3.05) is 11.5 Å². The van der Waals surface area contributed by atoms with E-state index >= 15 is 0 Å². The lowest BCUT2D eigenvalue weighted by Gasteiger charge is -2.01. The van der Waals surface area contributed by atoms with Gasteiger partial charge in [0.05, 0.1) is 0 Å². The zero-order chi connectivity index (χ0) is 7.82. The van der Waals surface area contributed by atoms with Crippen molar-refractivity contribution in [1.82, 2.24) is 0 Å². The maximum atomic E-state index is 10.2. The number of carbonyl (C=O) groups excluding carboxylic acids is 1. The smallest absolute Gasteiger partial charge is 0.123 e. The molecule has 0 fully saturated rings. The van der Waals surface area contributed by atoms with Gasteiger partial charge in [-0.2, -0.15) is 11.8 Å². The van der Waals surface area contributed by atoms with Crippen LogP contribution in [0.1, 0.15) is 26.7 Å². The minimum absolute atomic E-state index is 0.238. The lowest BCUT2D eigenvalue weighted by Crippen LogP contribution is -1.99. The van der Waals surface area contributed by atoms with Crippen LogP contribution in [0.15, 0.2) is 0 Å². The van der Waals surface area contributed by atoms with Gasteiger partial charge in [0.1, 0.15) is 6.29 Å². The number of carbonyl (C=O) groups is 1. The van der Waals surface area contributed by atoms with E-state index < -0.39 is 0 Å². The molecule has 0 heterocycles. The second-order valence-corrected chi connectivity index (χ2v) is 3.69. The Hall–Kier alpha value is 0.0200. The molecule has 0 amide bonds. The second-order valence-electron chi connectivity index (χ2n) is 2.54. The summed E-state index contributed by atoms with van der Waals surface area (Å²) < 4.78 is 0. The molecule has 0 rings (SSSR count). The number of hydrogen-bond donors (Lipinski definition) is 0. The molecule has 1 unspecified atom stereocenters. The summed E-state index contributed by atoms with van der Waals surface area (Å²) in [5, 5.41) is 0. The lowest BCUT2D eigenvalue weighted by molar-refractivity contribution is -0.110. The largest absolute Gasteiger partial charge is 0.303 e. The van der Waals surface area contributed by atoms with Crippen molar-refractivity contribution < 1.29 is 4.79 Å². The average Bonchev–Trinajstić information content (AvgIpc) is 1.98. The highest BCUT2D eigenvalue weighted by atomic mass is 32.2. The van der Waals surface area contributed by atoms with Crippen molar-refractivity contribution in [3.8, 4) is 0 Å². The minimum atomic E-state index is 0.238. The Kier molecular flexibility index (Phi) is 7.15. The van der Waals surface area contributed by atoms with Crippen LogP contribution in [0.3, 0.4) is 0 Å². The van der Waals surface area contributed by atoms with Crippen LogP contribution in [-0.4, -0.2) is 17.8 Å². The number of thioether (sulfide) groups is 1. The van der Waals surface area contributed by atoms with E-state index in [4.69, 9.17) is 0 Å². The van der Waals surface area contributed by atoms with Crippen LogP contribution in [0.5, 0.6) is 0 Å². The number of unbranched alkanes of at least 4 members (excludes halogenated alkanes) is 1. The molecule has 0 aliphatic carbocycles. The van der Waals surface area contributed by atoms with E-state index in [1.165, 1.54) is 18.6 Å². The Morgan fingerprint density at radius 2 is 2.30 bits per heavy atom. The summed E-state index contributed by atoms with van der Waals surface area (Å²) in [7, 11) is 0. The van der Waals surface area contributed by atoms with Crippen molar-refractivity contribution >= 4 is 18.0 Å². The fourth-order valence-electron chi connectivity index (χ4n) is 0.555. The molecule has 0 aromatic carbocycles. The summed E-state index contributed by atoms with van der Waals surface area (Å²) in [6.45, 7) is 4.15. The number of rotatable bonds is 6. The second kappa shape index (κ2) is 7.13. The fourth-order valence-corrected chi connectivity index (χ4v) is 1.66. The fraction of sp³-hybridized carbons (Fsp3) is 0.875. The first kappa shape index (κ1) is 10.0. The molecule has 0 N–H and O–H groups in total. The van der Waals surface area contributed by atoms with E-state index in [0.717, 1.165) is 12.0 Å². The van der Waals surface area contributed by atoms with E-state index in [1.807, 2.05) is 18.7 Å². The molecule has 0 aliphatic heterocycles. The van der Waals surface area contributed by atoms with Gasteiger partial charge in [-0.1, -0.05) is 20.3 Å². The SMILES string of the molecule is CCCCSCC(C)C=O. The summed E-state index contributed by atoms with van der Waals surface area (Å²) in [4.78, 5) is 10.2. The highest BCUT2D eigenvalue weighted by Gasteiger charge is 1.97. The molecule has 0 aromatic heterocycles. The molecule has 1 atom stereocenters. The van der Waals surface area contributed by atoms with Crippen molar-refractivity contribution in [3.63, 3.8) is 0 Å². The third kappa shape index (κ3) is 6.14. The van der Waals surface area contributed by atoms with Gasteiger partial charge in [0.2, 0.25) is 0 Å². The van der Waals surface area contributed by atoms with Crippen LogP contribution in [-0.2, 0) is 4.79 Å². The monoisotopic (exact) mass is 160 g/mol. The summed E-state index contributed by atoms with van der Waals surface area (Å²) in [5.74, 6) is 2.43. The van der Waals surface area contributed by atoms with Gasteiger partial charge in [-0.15, -0.1) is 0 Å². The highest BCUT2D eigenvalue weighted by Crippen LogP contribution is 2.08. The predicted octanol–water partition coefficient (Wildman–Crippen LogP) is 2.35. The van der Waals surface area contributed by atoms with Crippen molar-refractivity contribution in [2.45, 2.75) is 26.7 Å². The highest BCUT2D eigenvalue weighted by molar-refractivity contribution is 7.99.